The molecule has 4 heteroatoms. The fraction of sp³-hybridized carbons (Fsp3) is 0.308. The van der Waals surface area contributed by atoms with Gasteiger partial charge in [-0.05, 0) is 36.6 Å². The van der Waals surface area contributed by atoms with E-state index in [-0.39, 0.29) is 6.03 Å². The first-order valence-corrected chi connectivity index (χ1v) is 5.87. The number of halogens is 1. The molecular formula is C13H17ClN2O. The van der Waals surface area contributed by atoms with E-state index < -0.39 is 0 Å². The van der Waals surface area contributed by atoms with Gasteiger partial charge < -0.3 is 10.6 Å². The van der Waals surface area contributed by atoms with Crippen LogP contribution in [0.3, 0.4) is 0 Å². The molecule has 0 aliphatic rings. The van der Waals surface area contributed by atoms with Crippen LogP contribution in [-0.4, -0.2) is 6.03 Å². The van der Waals surface area contributed by atoms with Crippen molar-refractivity contribution in [1.29, 1.82) is 0 Å². The van der Waals surface area contributed by atoms with Crippen molar-refractivity contribution in [2.24, 2.45) is 5.92 Å². The first-order chi connectivity index (χ1) is 7.99. The zero-order valence-electron chi connectivity index (χ0n) is 10.3. The number of carbonyl (C=O) groups is 1. The van der Waals surface area contributed by atoms with Gasteiger partial charge in [-0.15, -0.1) is 0 Å². The van der Waals surface area contributed by atoms with E-state index in [1.165, 1.54) is 0 Å². The number of aryl methyl sites for hydroxylation is 1. The highest BCUT2D eigenvalue weighted by Gasteiger charge is 2.02. The van der Waals surface area contributed by atoms with Gasteiger partial charge in [-0.2, -0.15) is 0 Å². The fourth-order valence-electron chi connectivity index (χ4n) is 1.24. The minimum atomic E-state index is -0.257. The lowest BCUT2D eigenvalue weighted by atomic mass is 10.2. The Labute approximate surface area is 107 Å². The Hall–Kier alpha value is -1.48. The van der Waals surface area contributed by atoms with Crippen molar-refractivity contribution < 1.29 is 4.79 Å². The third-order valence-corrected chi connectivity index (χ3v) is 2.37. The van der Waals surface area contributed by atoms with Crippen LogP contribution in [0.25, 0.3) is 0 Å². The van der Waals surface area contributed by atoms with Gasteiger partial charge in [0.15, 0.2) is 0 Å². The first kappa shape index (κ1) is 13.6. The highest BCUT2D eigenvalue weighted by Crippen LogP contribution is 2.19. The monoisotopic (exact) mass is 252 g/mol. The first-order valence-electron chi connectivity index (χ1n) is 5.49. The summed E-state index contributed by atoms with van der Waals surface area (Å²) in [6.07, 6.45) is 3.56. The van der Waals surface area contributed by atoms with E-state index in [1.807, 2.05) is 26.8 Å². The van der Waals surface area contributed by atoms with Crippen LogP contribution in [0.2, 0.25) is 5.02 Å². The van der Waals surface area contributed by atoms with Gasteiger partial charge in [-0.1, -0.05) is 31.5 Å². The van der Waals surface area contributed by atoms with Gasteiger partial charge >= 0.3 is 6.03 Å². The number of amides is 2. The van der Waals surface area contributed by atoms with Crippen LogP contribution < -0.4 is 10.6 Å². The second-order valence-corrected chi connectivity index (χ2v) is 4.60. The highest BCUT2D eigenvalue weighted by atomic mass is 35.5. The summed E-state index contributed by atoms with van der Waals surface area (Å²) >= 11 is 5.83. The van der Waals surface area contributed by atoms with Crippen LogP contribution in [0.1, 0.15) is 19.4 Å². The molecule has 0 heterocycles. The molecule has 0 aromatic heterocycles. The van der Waals surface area contributed by atoms with Gasteiger partial charge in [0, 0.05) is 16.9 Å². The summed E-state index contributed by atoms with van der Waals surface area (Å²) in [6.45, 7) is 5.98. The van der Waals surface area contributed by atoms with E-state index in [0.29, 0.717) is 10.9 Å². The largest absolute Gasteiger partial charge is 0.323 e. The number of benzene rings is 1. The van der Waals surface area contributed by atoms with Crippen LogP contribution in [0.4, 0.5) is 10.5 Å². The molecule has 0 bridgehead atoms. The summed E-state index contributed by atoms with van der Waals surface area (Å²) in [4.78, 5) is 11.5. The number of rotatable bonds is 3. The number of hydrogen-bond acceptors (Lipinski definition) is 1. The number of carbonyl (C=O) groups excluding carboxylic acids is 1. The van der Waals surface area contributed by atoms with Crippen molar-refractivity contribution in [3.05, 3.63) is 41.1 Å². The molecule has 0 spiro atoms. The lowest BCUT2D eigenvalue weighted by Crippen LogP contribution is -2.24. The average molecular weight is 253 g/mol. The van der Waals surface area contributed by atoms with E-state index in [4.69, 9.17) is 11.6 Å². The molecule has 92 valence electrons. The van der Waals surface area contributed by atoms with Crippen LogP contribution in [-0.2, 0) is 0 Å². The van der Waals surface area contributed by atoms with Crippen molar-refractivity contribution >= 4 is 23.3 Å². The number of hydrogen-bond donors (Lipinski definition) is 2. The molecule has 3 nitrogen and oxygen atoms in total. The minimum absolute atomic E-state index is 0.257. The zero-order chi connectivity index (χ0) is 12.8. The normalized spacial score (nSPS) is 10.9. The molecule has 1 aromatic carbocycles. The molecular weight excluding hydrogens is 236 g/mol. The molecule has 1 rings (SSSR count). The molecule has 0 aliphatic carbocycles. The molecule has 17 heavy (non-hydrogen) atoms. The molecule has 0 fully saturated rings. The summed E-state index contributed by atoms with van der Waals surface area (Å²) in [5.74, 6) is 0.410. The molecule has 2 N–H and O–H groups in total. The topological polar surface area (TPSA) is 41.1 Å². The minimum Gasteiger partial charge on any atom is -0.315 e. The fourth-order valence-corrected chi connectivity index (χ4v) is 1.47. The number of urea groups is 1. The summed E-state index contributed by atoms with van der Waals surface area (Å²) in [7, 11) is 0. The van der Waals surface area contributed by atoms with Crippen LogP contribution in [0.15, 0.2) is 30.5 Å². The second-order valence-electron chi connectivity index (χ2n) is 4.16. The molecule has 0 saturated carbocycles. The van der Waals surface area contributed by atoms with E-state index in [0.717, 1.165) is 11.3 Å². The molecule has 1 aromatic rings. The third-order valence-electron chi connectivity index (χ3n) is 2.13. The average Bonchev–Trinajstić information content (AvgIpc) is 2.21. The van der Waals surface area contributed by atoms with Gasteiger partial charge in [-0.25, -0.2) is 4.79 Å². The van der Waals surface area contributed by atoms with Crippen molar-refractivity contribution in [3.63, 3.8) is 0 Å². The van der Waals surface area contributed by atoms with Crippen LogP contribution >= 0.6 is 11.6 Å². The summed E-state index contributed by atoms with van der Waals surface area (Å²) in [5, 5.41) is 6.05. The maximum atomic E-state index is 11.5. The third kappa shape index (κ3) is 4.91. The van der Waals surface area contributed by atoms with Crippen molar-refractivity contribution in [2.45, 2.75) is 20.8 Å². The predicted molar refractivity (Wildman–Crippen MR) is 72.3 cm³/mol. The Morgan fingerprint density at radius 2 is 2.12 bits per heavy atom. The van der Waals surface area contributed by atoms with Gasteiger partial charge in [-0.3, -0.25) is 0 Å². The van der Waals surface area contributed by atoms with Crippen molar-refractivity contribution in [2.75, 3.05) is 5.32 Å². The van der Waals surface area contributed by atoms with E-state index >= 15 is 0 Å². The second kappa shape index (κ2) is 6.30. The molecule has 2 amide bonds. The Morgan fingerprint density at radius 3 is 2.71 bits per heavy atom. The Kier molecular flexibility index (Phi) is 5.04. The van der Waals surface area contributed by atoms with E-state index in [2.05, 4.69) is 10.6 Å². The lowest BCUT2D eigenvalue weighted by molar-refractivity contribution is 0.255. The zero-order valence-corrected chi connectivity index (χ0v) is 11.0. The van der Waals surface area contributed by atoms with Crippen molar-refractivity contribution in [3.8, 4) is 0 Å². The lowest BCUT2D eigenvalue weighted by Gasteiger charge is -2.08. The van der Waals surface area contributed by atoms with Gasteiger partial charge in [0.05, 0.1) is 0 Å². The summed E-state index contributed by atoms with van der Waals surface area (Å²) in [5.41, 5.74) is 1.69. The van der Waals surface area contributed by atoms with Gasteiger partial charge in [0.2, 0.25) is 0 Å². The Morgan fingerprint density at radius 1 is 1.41 bits per heavy atom. The maximum absolute atomic E-state index is 11.5. The summed E-state index contributed by atoms with van der Waals surface area (Å²) < 4.78 is 0. The van der Waals surface area contributed by atoms with Crippen LogP contribution in [0.5, 0.6) is 0 Å². The highest BCUT2D eigenvalue weighted by molar-refractivity contribution is 6.30. The van der Waals surface area contributed by atoms with Crippen LogP contribution in [0, 0.1) is 12.8 Å². The number of anilines is 1. The van der Waals surface area contributed by atoms with Crippen molar-refractivity contribution in [1.82, 2.24) is 5.32 Å². The number of nitrogens with one attached hydrogen (secondary N) is 2. The molecule has 0 saturated heterocycles. The van der Waals surface area contributed by atoms with Gasteiger partial charge in [0.25, 0.3) is 0 Å². The smallest absolute Gasteiger partial charge is 0.315 e. The molecule has 0 aliphatic heterocycles. The summed E-state index contributed by atoms with van der Waals surface area (Å²) in [6, 6.07) is 5.07. The molecule has 0 radical (unpaired) electrons. The van der Waals surface area contributed by atoms with E-state index in [1.54, 1.807) is 24.4 Å². The van der Waals surface area contributed by atoms with E-state index in [9.17, 15) is 4.79 Å². The molecule has 0 atom stereocenters. The molecule has 0 unspecified atom stereocenters. The Bertz CT molecular complexity index is 427. The Balaban J connectivity index is 2.56. The van der Waals surface area contributed by atoms with Gasteiger partial charge in [0.1, 0.15) is 0 Å². The SMILES string of the molecule is Cc1cc(Cl)ccc1NC(=O)N/C=C/C(C)C. The predicted octanol–water partition coefficient (Wildman–Crippen LogP) is 3.94. The quantitative estimate of drug-likeness (QED) is 0.841. The maximum Gasteiger partial charge on any atom is 0.323 e. The number of allylic oxidation sites excluding steroid dienone is 1. The standard InChI is InChI=1S/C13H17ClN2O/c1-9(2)6-7-15-13(17)16-12-5-4-11(14)8-10(12)3/h4-9H,1-3H3,(H2,15,16,17)/b7-6+.